The van der Waals surface area contributed by atoms with Crippen molar-refractivity contribution < 1.29 is 4.79 Å². The number of hydrogen-bond donors (Lipinski definition) is 0. The van der Waals surface area contributed by atoms with E-state index in [1.807, 2.05) is 0 Å². The van der Waals surface area contributed by atoms with E-state index in [2.05, 4.69) is 13.8 Å². The summed E-state index contributed by atoms with van der Waals surface area (Å²) in [6.07, 6.45) is 9.81. The number of rotatable bonds is 4. The highest BCUT2D eigenvalue weighted by atomic mass is 16.1. The van der Waals surface area contributed by atoms with Crippen LogP contribution in [0.2, 0.25) is 0 Å². The van der Waals surface area contributed by atoms with E-state index < -0.39 is 0 Å². The molecule has 2 saturated carbocycles. The van der Waals surface area contributed by atoms with Crippen molar-refractivity contribution in [2.75, 3.05) is 0 Å². The summed E-state index contributed by atoms with van der Waals surface area (Å²) >= 11 is 0. The Bertz CT molecular complexity index is 232. The summed E-state index contributed by atoms with van der Waals surface area (Å²) in [5.41, 5.74) is 0. The minimum atomic E-state index is 0.426. The predicted molar refractivity (Wildman–Crippen MR) is 67.3 cm³/mol. The molecular formula is C15H26O. The Balaban J connectivity index is 1.72. The first-order chi connectivity index (χ1) is 7.66. The molecule has 0 unspecified atom stereocenters. The van der Waals surface area contributed by atoms with Gasteiger partial charge in [0.2, 0.25) is 0 Å². The number of carbonyl (C=O) groups is 1. The van der Waals surface area contributed by atoms with E-state index in [-0.39, 0.29) is 0 Å². The van der Waals surface area contributed by atoms with E-state index in [4.69, 9.17) is 0 Å². The molecule has 0 aromatic rings. The first kappa shape index (κ1) is 12.1. The van der Waals surface area contributed by atoms with Crippen LogP contribution in [0.5, 0.6) is 0 Å². The van der Waals surface area contributed by atoms with Gasteiger partial charge < -0.3 is 0 Å². The largest absolute Gasteiger partial charge is 0.299 e. The molecule has 0 radical (unpaired) electrons. The minimum Gasteiger partial charge on any atom is -0.299 e. The van der Waals surface area contributed by atoms with Crippen LogP contribution in [0.4, 0.5) is 0 Å². The van der Waals surface area contributed by atoms with E-state index >= 15 is 0 Å². The molecule has 0 N–H and O–H groups in total. The topological polar surface area (TPSA) is 17.1 Å². The zero-order valence-electron chi connectivity index (χ0n) is 10.9. The SMILES string of the molecule is CC(C)C1CCC(C(=O)CC2CCC2)CC1. The fraction of sp³-hybridized carbons (Fsp3) is 0.933. The van der Waals surface area contributed by atoms with Gasteiger partial charge in [-0.25, -0.2) is 0 Å². The molecule has 0 aromatic carbocycles. The molecule has 0 atom stereocenters. The third-order valence-corrected chi connectivity index (χ3v) is 4.88. The maximum atomic E-state index is 12.1. The molecule has 0 aromatic heterocycles. The second-order valence-corrected chi connectivity index (χ2v) is 6.32. The average molecular weight is 222 g/mol. The molecule has 0 heterocycles. The lowest BCUT2D eigenvalue weighted by Crippen LogP contribution is -2.26. The van der Waals surface area contributed by atoms with E-state index in [9.17, 15) is 4.79 Å². The van der Waals surface area contributed by atoms with Gasteiger partial charge in [0, 0.05) is 12.3 Å². The van der Waals surface area contributed by atoms with Crippen LogP contribution in [0.15, 0.2) is 0 Å². The third kappa shape index (κ3) is 2.87. The van der Waals surface area contributed by atoms with Gasteiger partial charge >= 0.3 is 0 Å². The zero-order valence-corrected chi connectivity index (χ0v) is 10.9. The second-order valence-electron chi connectivity index (χ2n) is 6.32. The highest BCUT2D eigenvalue weighted by Gasteiger charge is 2.29. The molecule has 1 heteroatoms. The van der Waals surface area contributed by atoms with Crippen molar-refractivity contribution in [2.45, 2.75) is 65.2 Å². The van der Waals surface area contributed by atoms with Crippen molar-refractivity contribution in [3.63, 3.8) is 0 Å². The van der Waals surface area contributed by atoms with Gasteiger partial charge in [0.25, 0.3) is 0 Å². The summed E-state index contributed by atoms with van der Waals surface area (Å²) in [6.45, 7) is 4.64. The van der Waals surface area contributed by atoms with Gasteiger partial charge in [0.15, 0.2) is 0 Å². The normalized spacial score (nSPS) is 31.4. The van der Waals surface area contributed by atoms with Crippen LogP contribution < -0.4 is 0 Å². The van der Waals surface area contributed by atoms with Crippen LogP contribution >= 0.6 is 0 Å². The predicted octanol–water partition coefficient (Wildman–Crippen LogP) is 4.21. The van der Waals surface area contributed by atoms with Crippen molar-refractivity contribution >= 4 is 5.78 Å². The van der Waals surface area contributed by atoms with E-state index in [0.717, 1.165) is 24.2 Å². The van der Waals surface area contributed by atoms with E-state index in [1.165, 1.54) is 44.9 Å². The average Bonchev–Trinajstić information content (AvgIpc) is 2.23. The van der Waals surface area contributed by atoms with Crippen molar-refractivity contribution in [1.82, 2.24) is 0 Å². The maximum Gasteiger partial charge on any atom is 0.136 e. The van der Waals surface area contributed by atoms with Gasteiger partial charge in [-0.15, -0.1) is 0 Å². The van der Waals surface area contributed by atoms with Gasteiger partial charge in [-0.05, 0) is 43.4 Å². The summed E-state index contributed by atoms with van der Waals surface area (Å²) in [5, 5.41) is 0. The Hall–Kier alpha value is -0.330. The molecule has 2 aliphatic rings. The second kappa shape index (κ2) is 5.33. The number of Topliss-reactive ketones (excluding diaryl/α,β-unsaturated/α-hetero) is 1. The van der Waals surface area contributed by atoms with Crippen LogP contribution in [-0.2, 0) is 4.79 Å². The first-order valence-corrected chi connectivity index (χ1v) is 7.19. The summed E-state index contributed by atoms with van der Waals surface area (Å²) in [5.74, 6) is 3.47. The Morgan fingerprint density at radius 2 is 1.69 bits per heavy atom. The van der Waals surface area contributed by atoms with Crippen LogP contribution in [0.1, 0.15) is 65.2 Å². The Labute approximate surface area is 100.0 Å². The van der Waals surface area contributed by atoms with Crippen molar-refractivity contribution in [1.29, 1.82) is 0 Å². The van der Waals surface area contributed by atoms with Gasteiger partial charge in [0.1, 0.15) is 5.78 Å². The number of carbonyl (C=O) groups excluding carboxylic acids is 1. The van der Waals surface area contributed by atoms with E-state index in [1.54, 1.807) is 0 Å². The molecule has 2 fully saturated rings. The lowest BCUT2D eigenvalue weighted by molar-refractivity contribution is -0.125. The Morgan fingerprint density at radius 3 is 2.12 bits per heavy atom. The quantitative estimate of drug-likeness (QED) is 0.696. The molecule has 2 aliphatic carbocycles. The van der Waals surface area contributed by atoms with Crippen molar-refractivity contribution in [2.24, 2.45) is 23.7 Å². The van der Waals surface area contributed by atoms with Gasteiger partial charge in [-0.1, -0.05) is 33.1 Å². The van der Waals surface area contributed by atoms with Crippen LogP contribution in [0, 0.1) is 23.7 Å². The first-order valence-electron chi connectivity index (χ1n) is 7.19. The Morgan fingerprint density at radius 1 is 1.06 bits per heavy atom. The fourth-order valence-electron chi connectivity index (χ4n) is 3.26. The van der Waals surface area contributed by atoms with Crippen LogP contribution in [0.3, 0.4) is 0 Å². The smallest absolute Gasteiger partial charge is 0.136 e. The maximum absolute atomic E-state index is 12.1. The minimum absolute atomic E-state index is 0.426. The molecule has 0 saturated heterocycles. The molecule has 0 spiro atoms. The number of ketones is 1. The van der Waals surface area contributed by atoms with Gasteiger partial charge in [0.05, 0.1) is 0 Å². The van der Waals surface area contributed by atoms with Gasteiger partial charge in [-0.2, -0.15) is 0 Å². The molecular weight excluding hydrogens is 196 g/mol. The summed E-state index contributed by atoms with van der Waals surface area (Å²) in [6, 6.07) is 0. The molecule has 2 rings (SSSR count). The molecule has 16 heavy (non-hydrogen) atoms. The summed E-state index contributed by atoms with van der Waals surface area (Å²) in [4.78, 5) is 12.1. The van der Waals surface area contributed by atoms with Crippen molar-refractivity contribution in [3.8, 4) is 0 Å². The molecule has 0 bridgehead atoms. The summed E-state index contributed by atoms with van der Waals surface area (Å²) < 4.78 is 0. The highest BCUT2D eigenvalue weighted by molar-refractivity contribution is 5.81. The molecule has 1 nitrogen and oxygen atoms in total. The lowest BCUT2D eigenvalue weighted by atomic mass is 9.73. The van der Waals surface area contributed by atoms with Crippen LogP contribution in [-0.4, -0.2) is 5.78 Å². The third-order valence-electron chi connectivity index (χ3n) is 4.88. The lowest BCUT2D eigenvalue weighted by Gasteiger charge is -2.32. The molecule has 92 valence electrons. The fourth-order valence-corrected chi connectivity index (χ4v) is 3.26. The zero-order chi connectivity index (χ0) is 11.5. The number of hydrogen-bond acceptors (Lipinski definition) is 1. The van der Waals surface area contributed by atoms with Gasteiger partial charge in [-0.3, -0.25) is 4.79 Å². The highest BCUT2D eigenvalue weighted by Crippen LogP contribution is 2.36. The molecule has 0 aliphatic heterocycles. The van der Waals surface area contributed by atoms with E-state index in [0.29, 0.717) is 11.7 Å². The Kier molecular flexibility index (Phi) is 4.05. The summed E-state index contributed by atoms with van der Waals surface area (Å²) in [7, 11) is 0. The van der Waals surface area contributed by atoms with Crippen LogP contribution in [0.25, 0.3) is 0 Å². The standard InChI is InChI=1S/C15H26O/c1-11(2)13-6-8-14(9-7-13)15(16)10-12-4-3-5-12/h11-14H,3-10H2,1-2H3. The van der Waals surface area contributed by atoms with Crippen molar-refractivity contribution in [3.05, 3.63) is 0 Å². The monoisotopic (exact) mass is 222 g/mol. The molecule has 0 amide bonds.